The van der Waals surface area contributed by atoms with Crippen LogP contribution in [0, 0.1) is 16.3 Å². The van der Waals surface area contributed by atoms with Gasteiger partial charge in [-0.15, -0.1) is 0 Å². The highest BCUT2D eigenvalue weighted by atomic mass is 19.1. The van der Waals surface area contributed by atoms with E-state index >= 15 is 0 Å². The van der Waals surface area contributed by atoms with Gasteiger partial charge in [-0.1, -0.05) is 30.4 Å². The Kier molecular flexibility index (Phi) is 2.34. The smallest absolute Gasteiger partial charge is 0.123 e. The number of hydrogen-bond donors (Lipinski definition) is 0. The van der Waals surface area contributed by atoms with Crippen LogP contribution in [0.25, 0.3) is 12.2 Å². The first-order valence-corrected chi connectivity index (χ1v) is 6.94. The lowest BCUT2D eigenvalue weighted by Crippen LogP contribution is -2.19. The van der Waals surface area contributed by atoms with Crippen LogP contribution in [0.2, 0.25) is 0 Å². The Morgan fingerprint density at radius 1 is 0.842 bits per heavy atom. The molecule has 0 amide bonds. The van der Waals surface area contributed by atoms with Crippen LogP contribution in [0.5, 0.6) is 0 Å². The predicted molar refractivity (Wildman–Crippen MR) is 75.3 cm³/mol. The van der Waals surface area contributed by atoms with E-state index in [1.807, 2.05) is 6.07 Å². The third-order valence-electron chi connectivity index (χ3n) is 4.29. The monoisotopic (exact) mass is 250 g/mol. The maximum absolute atomic E-state index is 13.5. The molecule has 2 aromatic rings. The van der Waals surface area contributed by atoms with Gasteiger partial charge in [-0.2, -0.15) is 0 Å². The number of benzene rings is 2. The zero-order valence-corrected chi connectivity index (χ0v) is 10.7. The quantitative estimate of drug-likeness (QED) is 0.674. The van der Waals surface area contributed by atoms with Gasteiger partial charge in [0.15, 0.2) is 0 Å². The zero-order chi connectivity index (χ0) is 12.8. The maximum Gasteiger partial charge on any atom is 0.123 e. The standard InChI is InChI=1S/C18H15F/c19-14-8-5-13-7-9-16-15-4-2-1-3-12(15)6-10-17(16)18(13)11-14/h3,5-8,10-11H,1-2,4,9H2. The van der Waals surface area contributed by atoms with Crippen LogP contribution in [-0.4, -0.2) is 0 Å². The molecule has 0 aliphatic heterocycles. The highest BCUT2D eigenvalue weighted by molar-refractivity contribution is 5.47. The summed E-state index contributed by atoms with van der Waals surface area (Å²) in [7, 11) is 0. The predicted octanol–water partition coefficient (Wildman–Crippen LogP) is 2.57. The van der Waals surface area contributed by atoms with Gasteiger partial charge in [-0.25, -0.2) is 4.39 Å². The van der Waals surface area contributed by atoms with E-state index in [0.717, 1.165) is 23.3 Å². The van der Waals surface area contributed by atoms with Crippen molar-refractivity contribution in [3.05, 3.63) is 68.2 Å². The van der Waals surface area contributed by atoms with Crippen LogP contribution in [0.1, 0.15) is 24.0 Å². The second-order valence-electron chi connectivity index (χ2n) is 5.40. The first-order valence-electron chi connectivity index (χ1n) is 6.94. The molecule has 0 fully saturated rings. The highest BCUT2D eigenvalue weighted by Gasteiger charge is 2.11. The Morgan fingerprint density at radius 3 is 2.68 bits per heavy atom. The van der Waals surface area contributed by atoms with Gasteiger partial charge in [0.05, 0.1) is 0 Å². The van der Waals surface area contributed by atoms with Crippen molar-refractivity contribution in [3.63, 3.8) is 0 Å². The van der Waals surface area contributed by atoms with Crippen LogP contribution in [0.3, 0.4) is 0 Å². The topological polar surface area (TPSA) is 0 Å². The number of hydrogen-bond acceptors (Lipinski definition) is 0. The van der Waals surface area contributed by atoms with Gasteiger partial charge in [-0.3, -0.25) is 0 Å². The molecule has 19 heavy (non-hydrogen) atoms. The lowest BCUT2D eigenvalue weighted by Gasteiger charge is -2.16. The fourth-order valence-electron chi connectivity index (χ4n) is 3.37. The fourth-order valence-corrected chi connectivity index (χ4v) is 3.37. The molecule has 0 saturated heterocycles. The minimum atomic E-state index is -0.149. The molecule has 0 atom stereocenters. The van der Waals surface area contributed by atoms with Gasteiger partial charge >= 0.3 is 0 Å². The molecule has 0 N–H and O–H groups in total. The first kappa shape index (κ1) is 11.0. The van der Waals surface area contributed by atoms with Crippen LogP contribution < -0.4 is 10.4 Å². The summed E-state index contributed by atoms with van der Waals surface area (Å²) in [5.74, 6) is -0.149. The molecule has 0 saturated carbocycles. The molecule has 0 heterocycles. The van der Waals surface area contributed by atoms with E-state index in [0.29, 0.717) is 0 Å². The molecule has 0 spiro atoms. The first-order chi connectivity index (χ1) is 9.33. The Bertz CT molecular complexity index is 875. The molecule has 0 nitrogen and oxygen atoms in total. The molecule has 4 rings (SSSR count). The van der Waals surface area contributed by atoms with E-state index in [-0.39, 0.29) is 5.82 Å². The fraction of sp³-hybridized carbons (Fsp3) is 0.222. The van der Waals surface area contributed by atoms with E-state index in [2.05, 4.69) is 24.3 Å². The van der Waals surface area contributed by atoms with Crippen molar-refractivity contribution in [2.45, 2.75) is 25.7 Å². The number of rotatable bonds is 0. The lowest BCUT2D eigenvalue weighted by molar-refractivity contribution is 0.626. The molecule has 2 aromatic carbocycles. The van der Waals surface area contributed by atoms with Crippen molar-refractivity contribution in [1.29, 1.82) is 0 Å². The molecule has 2 aliphatic rings. The van der Waals surface area contributed by atoms with E-state index < -0.39 is 0 Å². The summed E-state index contributed by atoms with van der Waals surface area (Å²) >= 11 is 0. The average Bonchev–Trinajstić information content (AvgIpc) is 2.46. The van der Waals surface area contributed by atoms with Gasteiger partial charge in [0, 0.05) is 0 Å². The molecular formula is C18H15F. The van der Waals surface area contributed by atoms with Crippen LogP contribution in [0.15, 0.2) is 30.3 Å². The van der Waals surface area contributed by atoms with Crippen molar-refractivity contribution < 1.29 is 4.39 Å². The van der Waals surface area contributed by atoms with Crippen molar-refractivity contribution in [1.82, 2.24) is 0 Å². The summed E-state index contributed by atoms with van der Waals surface area (Å²) in [5, 5.41) is 4.83. The largest absolute Gasteiger partial charge is 0.207 e. The van der Waals surface area contributed by atoms with E-state index in [1.54, 1.807) is 12.1 Å². The highest BCUT2D eigenvalue weighted by Crippen LogP contribution is 2.17. The van der Waals surface area contributed by atoms with Gasteiger partial charge in [0.2, 0.25) is 0 Å². The molecule has 0 unspecified atom stereocenters. The Balaban J connectivity index is 2.23. The second kappa shape index (κ2) is 4.06. The van der Waals surface area contributed by atoms with Crippen LogP contribution in [0.4, 0.5) is 4.39 Å². The van der Waals surface area contributed by atoms with Gasteiger partial charge < -0.3 is 0 Å². The number of halogens is 1. The Labute approximate surface area is 111 Å². The summed E-state index contributed by atoms with van der Waals surface area (Å²) in [4.78, 5) is 0. The Morgan fingerprint density at radius 2 is 1.74 bits per heavy atom. The molecule has 94 valence electrons. The molecular weight excluding hydrogens is 235 g/mol. The van der Waals surface area contributed by atoms with E-state index in [1.165, 1.54) is 34.4 Å². The summed E-state index contributed by atoms with van der Waals surface area (Å²) < 4.78 is 13.5. The van der Waals surface area contributed by atoms with Gasteiger partial charge in [-0.05, 0) is 69.8 Å². The zero-order valence-electron chi connectivity index (χ0n) is 10.7. The normalized spacial score (nSPS) is 15.6. The molecule has 0 bridgehead atoms. The van der Waals surface area contributed by atoms with Crippen molar-refractivity contribution in [2.24, 2.45) is 0 Å². The lowest BCUT2D eigenvalue weighted by atomic mass is 9.89. The second-order valence-corrected chi connectivity index (χ2v) is 5.40. The number of fused-ring (bicyclic) bond motifs is 4. The van der Waals surface area contributed by atoms with Crippen LogP contribution in [-0.2, 0) is 12.8 Å². The molecule has 0 aromatic heterocycles. The van der Waals surface area contributed by atoms with Gasteiger partial charge in [0.1, 0.15) is 5.82 Å². The summed E-state index contributed by atoms with van der Waals surface area (Å²) in [6.07, 6.45) is 9.12. The van der Waals surface area contributed by atoms with Crippen molar-refractivity contribution in [3.8, 4) is 0 Å². The summed E-state index contributed by atoms with van der Waals surface area (Å²) in [6.45, 7) is 0. The Hall–Kier alpha value is -1.89. The molecule has 0 radical (unpaired) electrons. The average molecular weight is 250 g/mol. The van der Waals surface area contributed by atoms with E-state index in [4.69, 9.17) is 0 Å². The van der Waals surface area contributed by atoms with E-state index in [9.17, 15) is 4.39 Å². The van der Waals surface area contributed by atoms with Crippen molar-refractivity contribution in [2.75, 3.05) is 0 Å². The summed E-state index contributed by atoms with van der Waals surface area (Å²) in [6, 6.07) is 9.48. The molecule has 1 heteroatoms. The minimum absolute atomic E-state index is 0.149. The van der Waals surface area contributed by atoms with Crippen molar-refractivity contribution >= 4 is 12.2 Å². The van der Waals surface area contributed by atoms with Gasteiger partial charge in [0.25, 0.3) is 0 Å². The third-order valence-corrected chi connectivity index (χ3v) is 4.29. The molecule has 2 aliphatic carbocycles. The maximum atomic E-state index is 13.5. The third kappa shape index (κ3) is 1.65. The van der Waals surface area contributed by atoms with Crippen LogP contribution >= 0.6 is 0 Å². The minimum Gasteiger partial charge on any atom is -0.207 e. The summed E-state index contributed by atoms with van der Waals surface area (Å²) in [5.41, 5.74) is 2.89. The SMILES string of the molecule is Fc1ccc2c(c1)=c1ccc3c(c1CC=2)CCCC=3.